The van der Waals surface area contributed by atoms with Gasteiger partial charge in [0, 0.05) is 0 Å². The van der Waals surface area contributed by atoms with E-state index in [1.54, 1.807) is 0 Å². The first kappa shape index (κ1) is 23.7. The van der Waals surface area contributed by atoms with Crippen molar-refractivity contribution >= 4 is 5.57 Å². The van der Waals surface area contributed by atoms with Crippen molar-refractivity contribution in [1.82, 2.24) is 0 Å². The lowest BCUT2D eigenvalue weighted by molar-refractivity contribution is 0.613. The van der Waals surface area contributed by atoms with Gasteiger partial charge in [-0.25, -0.2) is 0 Å². The first-order valence-corrected chi connectivity index (χ1v) is 11.4. The molecule has 0 heteroatoms. The van der Waals surface area contributed by atoms with E-state index in [0.29, 0.717) is 0 Å². The summed E-state index contributed by atoms with van der Waals surface area (Å²) in [7, 11) is 0. The smallest absolute Gasteiger partial charge is 0.00636 e. The van der Waals surface area contributed by atoms with Crippen molar-refractivity contribution in [3.8, 4) is 0 Å². The second-order valence-corrected chi connectivity index (χ2v) is 8.47. The maximum absolute atomic E-state index is 4.47. The lowest BCUT2D eigenvalue weighted by Crippen LogP contribution is -2.00. The minimum absolute atomic E-state index is 1.01. The number of benzene rings is 1. The number of aryl methyl sites for hydroxylation is 2. The van der Waals surface area contributed by atoms with Gasteiger partial charge in [-0.3, -0.25) is 0 Å². The fourth-order valence-corrected chi connectivity index (χ4v) is 4.10. The normalized spacial score (nSPS) is 11.0. The molecule has 1 aromatic carbocycles. The van der Waals surface area contributed by atoms with Crippen LogP contribution in [0.25, 0.3) is 5.57 Å². The highest BCUT2D eigenvalue weighted by molar-refractivity contribution is 5.70. The highest BCUT2D eigenvalue weighted by Gasteiger charge is 2.12. The van der Waals surface area contributed by atoms with Gasteiger partial charge >= 0.3 is 0 Å². The van der Waals surface area contributed by atoms with Crippen LogP contribution in [-0.2, 0) is 6.42 Å². The number of allylic oxidation sites excluding steroid dienone is 2. The second-order valence-electron chi connectivity index (χ2n) is 8.47. The monoisotopic (exact) mass is 368 g/mol. The van der Waals surface area contributed by atoms with Gasteiger partial charge in [0.05, 0.1) is 0 Å². The molecule has 0 aromatic heterocycles. The van der Waals surface area contributed by atoms with Gasteiger partial charge in [-0.1, -0.05) is 102 Å². The third-order valence-electron chi connectivity index (χ3n) is 5.57. The summed E-state index contributed by atoms with van der Waals surface area (Å²) in [5.41, 5.74) is 8.33. The van der Waals surface area contributed by atoms with Crippen molar-refractivity contribution in [3.05, 3.63) is 53.1 Å². The van der Waals surface area contributed by atoms with Crippen LogP contribution < -0.4 is 0 Å². The van der Waals surface area contributed by atoms with Gasteiger partial charge < -0.3 is 0 Å². The van der Waals surface area contributed by atoms with Crippen LogP contribution in [0.2, 0.25) is 0 Å². The summed E-state index contributed by atoms with van der Waals surface area (Å²) in [6.07, 6.45) is 16.6. The minimum Gasteiger partial charge on any atom is -0.0995 e. The molecule has 0 saturated carbocycles. The molecule has 0 amide bonds. The molecule has 0 nitrogen and oxygen atoms in total. The number of hydrogen-bond donors (Lipinski definition) is 0. The van der Waals surface area contributed by atoms with Crippen molar-refractivity contribution in [2.45, 2.75) is 111 Å². The summed E-state index contributed by atoms with van der Waals surface area (Å²) < 4.78 is 0. The fraction of sp³-hybridized carbons (Fsp3) is 0.630. The predicted octanol–water partition coefficient (Wildman–Crippen LogP) is 9.14. The maximum atomic E-state index is 4.47. The van der Waals surface area contributed by atoms with E-state index in [2.05, 4.69) is 53.0 Å². The zero-order chi connectivity index (χ0) is 20.1. The van der Waals surface area contributed by atoms with Crippen LogP contribution in [0.3, 0.4) is 0 Å². The van der Waals surface area contributed by atoms with Crippen LogP contribution in [0.15, 0.2) is 30.9 Å². The average Bonchev–Trinajstić information content (AvgIpc) is 2.61. The van der Waals surface area contributed by atoms with Gasteiger partial charge in [0.15, 0.2) is 0 Å². The van der Waals surface area contributed by atoms with Crippen molar-refractivity contribution in [3.63, 3.8) is 0 Å². The van der Waals surface area contributed by atoms with Gasteiger partial charge in [0.25, 0.3) is 0 Å². The third kappa shape index (κ3) is 9.45. The van der Waals surface area contributed by atoms with Crippen LogP contribution in [0.4, 0.5) is 0 Å². The van der Waals surface area contributed by atoms with E-state index in [0.717, 1.165) is 19.3 Å². The molecule has 1 aromatic rings. The molecule has 0 spiro atoms. The Labute approximate surface area is 170 Å². The van der Waals surface area contributed by atoms with Crippen LogP contribution in [0.1, 0.15) is 113 Å². The van der Waals surface area contributed by atoms with Crippen molar-refractivity contribution < 1.29 is 0 Å². The van der Waals surface area contributed by atoms with E-state index in [9.17, 15) is 0 Å². The quantitative estimate of drug-likeness (QED) is 0.214. The molecule has 1 rings (SSSR count). The van der Waals surface area contributed by atoms with E-state index in [1.807, 2.05) is 0 Å². The Bertz CT molecular complexity index is 576. The molecule has 0 bridgehead atoms. The summed E-state index contributed by atoms with van der Waals surface area (Å²) in [6, 6.07) is 4.68. The molecule has 0 radical (unpaired) electrons. The lowest BCUT2D eigenvalue weighted by atomic mass is 9.87. The Hall–Kier alpha value is -1.30. The maximum Gasteiger partial charge on any atom is -0.00636 e. The molecule has 0 aliphatic rings. The first-order valence-electron chi connectivity index (χ1n) is 11.4. The van der Waals surface area contributed by atoms with E-state index in [4.69, 9.17) is 0 Å². The zero-order valence-corrected chi connectivity index (χ0v) is 18.8. The average molecular weight is 369 g/mol. The van der Waals surface area contributed by atoms with Crippen LogP contribution >= 0.6 is 0 Å². The SMILES string of the molecule is C=C(CCCCCC)Cc1cc(C)cc(C)c1C(=C)CCCCCCCC. The molecule has 0 saturated heterocycles. The van der Waals surface area contributed by atoms with Crippen LogP contribution in [0.5, 0.6) is 0 Å². The Kier molecular flexibility index (Phi) is 12.1. The van der Waals surface area contributed by atoms with E-state index >= 15 is 0 Å². The van der Waals surface area contributed by atoms with Gasteiger partial charge in [-0.15, -0.1) is 0 Å². The second kappa shape index (κ2) is 13.8. The lowest BCUT2D eigenvalue weighted by Gasteiger charge is -2.18. The number of rotatable bonds is 15. The Morgan fingerprint density at radius 3 is 1.96 bits per heavy atom. The van der Waals surface area contributed by atoms with Crippen LogP contribution in [0, 0.1) is 13.8 Å². The van der Waals surface area contributed by atoms with E-state index in [1.165, 1.54) is 97.6 Å². The number of hydrogen-bond acceptors (Lipinski definition) is 0. The summed E-state index contributed by atoms with van der Waals surface area (Å²) >= 11 is 0. The van der Waals surface area contributed by atoms with Gasteiger partial charge in [0.2, 0.25) is 0 Å². The molecule has 0 aliphatic carbocycles. The Morgan fingerprint density at radius 1 is 0.741 bits per heavy atom. The summed E-state index contributed by atoms with van der Waals surface area (Å²) in [5.74, 6) is 0. The molecule has 0 heterocycles. The molecule has 27 heavy (non-hydrogen) atoms. The molecular weight excluding hydrogens is 324 g/mol. The number of unbranched alkanes of at least 4 members (excludes halogenated alkanes) is 8. The van der Waals surface area contributed by atoms with Gasteiger partial charge in [0.1, 0.15) is 0 Å². The summed E-state index contributed by atoms with van der Waals surface area (Å²) in [5, 5.41) is 0. The van der Waals surface area contributed by atoms with Crippen molar-refractivity contribution in [1.29, 1.82) is 0 Å². The minimum atomic E-state index is 1.01. The van der Waals surface area contributed by atoms with Crippen LogP contribution in [-0.4, -0.2) is 0 Å². The van der Waals surface area contributed by atoms with Crippen molar-refractivity contribution in [2.75, 3.05) is 0 Å². The fourth-order valence-electron chi connectivity index (χ4n) is 4.10. The standard InChI is InChI=1S/C27H44/c1-7-9-11-13-14-16-18-24(5)27-25(6)19-23(4)21-26(27)20-22(3)17-15-12-10-8-2/h19,21H,3,5,7-18,20H2,1-2,4,6H3. The molecular formula is C27H44. The molecule has 0 atom stereocenters. The van der Waals surface area contributed by atoms with E-state index < -0.39 is 0 Å². The highest BCUT2D eigenvalue weighted by atomic mass is 14.2. The molecule has 152 valence electrons. The summed E-state index contributed by atoms with van der Waals surface area (Å²) in [6.45, 7) is 17.9. The van der Waals surface area contributed by atoms with Gasteiger partial charge in [-0.05, 0) is 68.2 Å². The first-order chi connectivity index (χ1) is 13.0. The molecule has 0 N–H and O–H groups in total. The largest absolute Gasteiger partial charge is 0.0995 e. The molecule has 0 unspecified atom stereocenters. The topological polar surface area (TPSA) is 0 Å². The third-order valence-corrected chi connectivity index (χ3v) is 5.57. The van der Waals surface area contributed by atoms with E-state index in [-0.39, 0.29) is 0 Å². The Morgan fingerprint density at radius 2 is 1.30 bits per heavy atom. The zero-order valence-electron chi connectivity index (χ0n) is 18.8. The highest BCUT2D eigenvalue weighted by Crippen LogP contribution is 2.30. The molecule has 0 aliphatic heterocycles. The molecule has 0 fully saturated rings. The summed E-state index contributed by atoms with van der Waals surface area (Å²) in [4.78, 5) is 0. The Balaban J connectivity index is 2.67. The predicted molar refractivity (Wildman–Crippen MR) is 125 cm³/mol. The van der Waals surface area contributed by atoms with Crippen molar-refractivity contribution in [2.24, 2.45) is 0 Å². The van der Waals surface area contributed by atoms with Gasteiger partial charge in [-0.2, -0.15) is 0 Å².